The summed E-state index contributed by atoms with van der Waals surface area (Å²) in [5.41, 5.74) is 0.555. The first-order valence-corrected chi connectivity index (χ1v) is 6.44. The first-order chi connectivity index (χ1) is 8.66. The molecule has 1 heterocycles. The minimum atomic E-state index is -0.216. The van der Waals surface area contributed by atoms with Crippen LogP contribution in [0.4, 0.5) is 10.5 Å². The molecule has 1 aromatic carbocycles. The first-order valence-electron chi connectivity index (χ1n) is 6.06. The quantitative estimate of drug-likeness (QED) is 0.771. The summed E-state index contributed by atoms with van der Waals surface area (Å²) >= 11 is 5.89. The van der Waals surface area contributed by atoms with E-state index in [4.69, 9.17) is 11.6 Å². The summed E-state index contributed by atoms with van der Waals surface area (Å²) in [6, 6.07) is 6.86. The van der Waals surface area contributed by atoms with Gasteiger partial charge in [-0.1, -0.05) is 17.7 Å². The summed E-state index contributed by atoms with van der Waals surface area (Å²) < 4.78 is 0. The smallest absolute Gasteiger partial charge is 0.312 e. The maximum absolute atomic E-state index is 12.2. The van der Waals surface area contributed by atoms with E-state index in [2.05, 4.69) is 0 Å². The summed E-state index contributed by atoms with van der Waals surface area (Å²) in [4.78, 5) is 27.1. The molecule has 0 radical (unpaired) electrons. The molecule has 0 spiro atoms. The topological polar surface area (TPSA) is 40.6 Å². The maximum Gasteiger partial charge on any atom is 0.332 e. The number of halogens is 1. The molecule has 18 heavy (non-hydrogen) atoms. The van der Waals surface area contributed by atoms with Gasteiger partial charge in [0.15, 0.2) is 0 Å². The number of rotatable bonds is 2. The molecule has 1 saturated carbocycles. The van der Waals surface area contributed by atoms with Gasteiger partial charge in [-0.2, -0.15) is 0 Å². The molecule has 5 heteroatoms. The van der Waals surface area contributed by atoms with E-state index in [1.54, 1.807) is 29.2 Å². The van der Waals surface area contributed by atoms with Gasteiger partial charge in [0.05, 0.1) is 5.69 Å². The number of carbonyl (C=O) groups is 2. The molecule has 94 valence electrons. The predicted molar refractivity (Wildman–Crippen MR) is 68.7 cm³/mol. The van der Waals surface area contributed by atoms with Gasteiger partial charge in [0.2, 0.25) is 0 Å². The Bertz CT molecular complexity index is 513. The van der Waals surface area contributed by atoms with Crippen molar-refractivity contribution in [2.45, 2.75) is 25.3 Å². The Balaban J connectivity index is 1.88. The Morgan fingerprint density at radius 1 is 1.22 bits per heavy atom. The van der Waals surface area contributed by atoms with Crippen molar-refractivity contribution in [3.05, 3.63) is 29.3 Å². The van der Waals surface area contributed by atoms with Crippen LogP contribution in [0.25, 0.3) is 0 Å². The van der Waals surface area contributed by atoms with Gasteiger partial charge < -0.3 is 4.90 Å². The van der Waals surface area contributed by atoms with E-state index >= 15 is 0 Å². The molecule has 0 aromatic heterocycles. The largest absolute Gasteiger partial charge is 0.332 e. The van der Waals surface area contributed by atoms with Gasteiger partial charge in [-0.25, -0.2) is 9.69 Å². The molecule has 0 N–H and O–H groups in total. The number of amides is 3. The summed E-state index contributed by atoms with van der Waals surface area (Å²) in [5, 5.41) is 0.523. The molecule has 0 bridgehead atoms. The zero-order chi connectivity index (χ0) is 12.7. The fourth-order valence-corrected chi connectivity index (χ4v) is 2.56. The molecular weight excluding hydrogens is 252 g/mol. The number of hydrogen-bond donors (Lipinski definition) is 0. The van der Waals surface area contributed by atoms with Crippen LogP contribution in [-0.2, 0) is 4.79 Å². The summed E-state index contributed by atoms with van der Waals surface area (Å²) in [6.45, 7) is 0.190. The van der Waals surface area contributed by atoms with Crippen molar-refractivity contribution in [2.24, 2.45) is 0 Å². The van der Waals surface area contributed by atoms with Crippen molar-refractivity contribution in [1.82, 2.24) is 4.90 Å². The van der Waals surface area contributed by atoms with Crippen LogP contribution in [0.1, 0.15) is 19.3 Å². The van der Waals surface area contributed by atoms with E-state index in [-0.39, 0.29) is 24.5 Å². The van der Waals surface area contributed by atoms with Gasteiger partial charge in [-0.3, -0.25) is 4.79 Å². The monoisotopic (exact) mass is 264 g/mol. The van der Waals surface area contributed by atoms with Crippen LogP contribution in [0.3, 0.4) is 0 Å². The highest BCUT2D eigenvalue weighted by Crippen LogP contribution is 2.31. The Kier molecular flexibility index (Phi) is 2.74. The lowest BCUT2D eigenvalue weighted by molar-refractivity contribution is -0.117. The lowest BCUT2D eigenvalue weighted by Gasteiger charge is -2.33. The molecular formula is C13H13ClN2O2. The third-order valence-corrected chi connectivity index (χ3v) is 3.81. The summed E-state index contributed by atoms with van der Waals surface area (Å²) in [6.07, 6.45) is 3.14. The van der Waals surface area contributed by atoms with Gasteiger partial charge >= 0.3 is 6.03 Å². The highest BCUT2D eigenvalue weighted by molar-refractivity contribution is 6.31. The number of hydrogen-bond acceptors (Lipinski definition) is 2. The van der Waals surface area contributed by atoms with Crippen LogP contribution in [0.2, 0.25) is 5.02 Å². The highest BCUT2D eigenvalue weighted by Gasteiger charge is 2.42. The second-order valence-corrected chi connectivity index (χ2v) is 5.14. The number of carbonyl (C=O) groups excluding carboxylic acids is 2. The molecule has 3 amide bonds. The number of urea groups is 1. The van der Waals surface area contributed by atoms with Crippen LogP contribution >= 0.6 is 11.6 Å². The molecule has 4 nitrogen and oxygen atoms in total. The lowest BCUT2D eigenvalue weighted by atomic mass is 9.92. The van der Waals surface area contributed by atoms with E-state index in [0.717, 1.165) is 19.3 Å². The van der Waals surface area contributed by atoms with Crippen LogP contribution in [0.5, 0.6) is 0 Å². The molecule has 2 fully saturated rings. The van der Waals surface area contributed by atoms with Crippen LogP contribution in [0.15, 0.2) is 24.3 Å². The Hall–Kier alpha value is -1.55. The first kappa shape index (κ1) is 11.5. The highest BCUT2D eigenvalue weighted by atomic mass is 35.5. The average molecular weight is 265 g/mol. The molecule has 1 aromatic rings. The normalized spacial score (nSPS) is 20.5. The fraction of sp³-hybridized carbons (Fsp3) is 0.385. The van der Waals surface area contributed by atoms with Gasteiger partial charge in [0.25, 0.3) is 5.91 Å². The third kappa shape index (κ3) is 1.77. The zero-order valence-electron chi connectivity index (χ0n) is 9.80. The molecule has 1 aliphatic carbocycles. The number of nitrogens with zero attached hydrogens (tertiary/aromatic N) is 2. The van der Waals surface area contributed by atoms with E-state index < -0.39 is 0 Å². The van der Waals surface area contributed by atoms with Crippen molar-refractivity contribution in [3.63, 3.8) is 0 Å². The van der Waals surface area contributed by atoms with Crippen molar-refractivity contribution in [1.29, 1.82) is 0 Å². The van der Waals surface area contributed by atoms with Crippen LogP contribution < -0.4 is 4.90 Å². The van der Waals surface area contributed by atoms with Gasteiger partial charge in [0, 0.05) is 11.1 Å². The van der Waals surface area contributed by atoms with Crippen molar-refractivity contribution >= 4 is 29.2 Å². The van der Waals surface area contributed by atoms with E-state index in [9.17, 15) is 9.59 Å². The third-order valence-electron chi connectivity index (χ3n) is 3.57. The molecule has 1 saturated heterocycles. The van der Waals surface area contributed by atoms with Gasteiger partial charge in [-0.05, 0) is 37.5 Å². The molecule has 1 aliphatic heterocycles. The fourth-order valence-electron chi connectivity index (χ4n) is 2.37. The Morgan fingerprint density at radius 2 is 2.00 bits per heavy atom. The van der Waals surface area contributed by atoms with Crippen LogP contribution in [-0.4, -0.2) is 29.4 Å². The SMILES string of the molecule is O=C1CN(C2CCC2)C(=O)N1c1cccc(Cl)c1. The van der Waals surface area contributed by atoms with E-state index in [0.29, 0.717) is 10.7 Å². The summed E-state index contributed by atoms with van der Waals surface area (Å²) in [5.74, 6) is -0.172. The Labute approximate surface area is 110 Å². The second kappa shape index (κ2) is 4.28. The lowest BCUT2D eigenvalue weighted by Crippen LogP contribution is -2.43. The number of benzene rings is 1. The van der Waals surface area contributed by atoms with E-state index in [1.807, 2.05) is 0 Å². The maximum atomic E-state index is 12.2. The predicted octanol–water partition coefficient (Wildman–Crippen LogP) is 2.66. The molecule has 0 atom stereocenters. The van der Waals surface area contributed by atoms with Crippen molar-refractivity contribution in [2.75, 3.05) is 11.4 Å². The van der Waals surface area contributed by atoms with Crippen LogP contribution in [0, 0.1) is 0 Å². The second-order valence-electron chi connectivity index (χ2n) is 4.70. The average Bonchev–Trinajstić information content (AvgIpc) is 2.52. The number of imide groups is 1. The Morgan fingerprint density at radius 3 is 2.61 bits per heavy atom. The minimum Gasteiger partial charge on any atom is -0.312 e. The molecule has 0 unspecified atom stereocenters. The molecule has 2 aliphatic rings. The standard InChI is InChI=1S/C13H13ClN2O2/c14-9-3-1-6-11(7-9)16-12(17)8-15(13(16)18)10-4-2-5-10/h1,3,6-7,10H,2,4-5,8H2. The minimum absolute atomic E-state index is 0.172. The van der Waals surface area contributed by atoms with E-state index in [1.165, 1.54) is 4.90 Å². The van der Waals surface area contributed by atoms with Crippen molar-refractivity contribution in [3.8, 4) is 0 Å². The van der Waals surface area contributed by atoms with Crippen molar-refractivity contribution < 1.29 is 9.59 Å². The van der Waals surface area contributed by atoms with Gasteiger partial charge in [0.1, 0.15) is 6.54 Å². The number of anilines is 1. The molecule has 3 rings (SSSR count). The summed E-state index contributed by atoms with van der Waals surface area (Å²) in [7, 11) is 0. The zero-order valence-corrected chi connectivity index (χ0v) is 10.6. The van der Waals surface area contributed by atoms with Gasteiger partial charge in [-0.15, -0.1) is 0 Å².